The molecular weight excluding hydrogens is 416 g/mol. The summed E-state index contributed by atoms with van der Waals surface area (Å²) in [4.78, 5) is 12.0. The van der Waals surface area contributed by atoms with Crippen LogP contribution >= 0.6 is 27.5 Å². The van der Waals surface area contributed by atoms with E-state index in [9.17, 15) is 4.79 Å². The van der Waals surface area contributed by atoms with Gasteiger partial charge in [0.25, 0.3) is 5.91 Å². The van der Waals surface area contributed by atoms with Crippen LogP contribution in [-0.4, -0.2) is 12.5 Å². The Hall–Kier alpha value is -2.50. The minimum Gasteiger partial charge on any atom is -0.483 e. The molecule has 0 bridgehead atoms. The van der Waals surface area contributed by atoms with Crippen LogP contribution in [0.5, 0.6) is 5.75 Å². The molecule has 0 aliphatic rings. The molecule has 6 heteroatoms. The van der Waals surface area contributed by atoms with Crippen LogP contribution in [0.3, 0.4) is 0 Å². The van der Waals surface area contributed by atoms with Crippen molar-refractivity contribution in [3.05, 3.63) is 82.3 Å². The normalized spacial score (nSPS) is 10.4. The Morgan fingerprint density at radius 1 is 1.04 bits per heavy atom. The summed E-state index contributed by atoms with van der Waals surface area (Å²) in [6.07, 6.45) is 0. The highest BCUT2D eigenvalue weighted by atomic mass is 79.9. The highest BCUT2D eigenvalue weighted by molar-refractivity contribution is 9.10. The molecule has 0 unspecified atom stereocenters. The number of ether oxygens (including phenoxy) is 1. The summed E-state index contributed by atoms with van der Waals surface area (Å²) in [5.41, 5.74) is 6.88. The smallest absolute Gasteiger partial charge is 0.276 e. The van der Waals surface area contributed by atoms with Gasteiger partial charge in [-0.25, -0.2) is 0 Å². The number of halogens is 2. The van der Waals surface area contributed by atoms with Gasteiger partial charge in [-0.05, 0) is 56.5 Å². The van der Waals surface area contributed by atoms with Gasteiger partial charge in [0.2, 0.25) is 0 Å². The lowest BCUT2D eigenvalue weighted by Gasteiger charge is -2.13. The van der Waals surface area contributed by atoms with Crippen molar-refractivity contribution in [3.8, 4) is 5.75 Å². The van der Waals surface area contributed by atoms with Gasteiger partial charge in [0.1, 0.15) is 5.75 Å². The Bertz CT molecular complexity index is 975. The lowest BCUT2D eigenvalue weighted by molar-refractivity contribution is -0.123. The molecule has 0 aromatic heterocycles. The Morgan fingerprint density at radius 2 is 1.81 bits per heavy atom. The number of fused-ring (bicyclic) bond motifs is 1. The molecule has 3 aromatic carbocycles. The summed E-state index contributed by atoms with van der Waals surface area (Å²) in [7, 11) is 0. The van der Waals surface area contributed by atoms with Crippen molar-refractivity contribution in [1.82, 2.24) is 10.9 Å². The molecule has 0 aliphatic heterocycles. The molecule has 0 heterocycles. The van der Waals surface area contributed by atoms with Gasteiger partial charge in [-0.2, -0.15) is 0 Å². The molecule has 0 saturated carbocycles. The van der Waals surface area contributed by atoms with Crippen molar-refractivity contribution in [2.75, 3.05) is 6.61 Å². The number of hydrazine groups is 1. The molecule has 4 nitrogen and oxygen atoms in total. The van der Waals surface area contributed by atoms with Gasteiger partial charge in [-0.1, -0.05) is 54.6 Å². The predicted octanol–water partition coefficient (Wildman–Crippen LogP) is 4.93. The second-order valence-corrected chi connectivity index (χ2v) is 6.87. The molecule has 0 spiro atoms. The zero-order valence-corrected chi connectivity index (χ0v) is 16.1. The van der Waals surface area contributed by atoms with Crippen LogP contribution in [-0.2, 0) is 4.79 Å². The average molecular weight is 432 g/mol. The number of amides is 1. The van der Waals surface area contributed by atoms with Crippen LogP contribution < -0.4 is 15.6 Å². The quantitative estimate of drug-likeness (QED) is 0.544. The van der Waals surface area contributed by atoms with E-state index < -0.39 is 0 Å². The molecule has 0 radical (unpaired) electrons. The number of carbonyl (C=O) groups excluding carboxylic acids is 1. The van der Waals surface area contributed by atoms with Gasteiger partial charge in [0, 0.05) is 5.02 Å². The Morgan fingerprint density at radius 3 is 2.58 bits per heavy atom. The van der Waals surface area contributed by atoms with Gasteiger partial charge in [-0.15, -0.1) is 0 Å². The van der Waals surface area contributed by atoms with Crippen molar-refractivity contribution in [2.24, 2.45) is 0 Å². The van der Waals surface area contributed by atoms with Gasteiger partial charge in [-0.3, -0.25) is 15.6 Å². The second-order valence-electron chi connectivity index (χ2n) is 5.58. The lowest BCUT2D eigenvalue weighted by atomic mass is 10.1. The van der Waals surface area contributed by atoms with Gasteiger partial charge in [0.15, 0.2) is 6.61 Å². The first-order chi connectivity index (χ1) is 12.5. The van der Waals surface area contributed by atoms with Crippen LogP contribution in [0.1, 0.15) is 5.56 Å². The third-order valence-electron chi connectivity index (χ3n) is 3.70. The van der Waals surface area contributed by atoms with Crippen molar-refractivity contribution in [1.29, 1.82) is 0 Å². The van der Waals surface area contributed by atoms with E-state index in [1.165, 1.54) is 0 Å². The van der Waals surface area contributed by atoms with E-state index in [1.807, 2.05) is 42.5 Å². The highest BCUT2D eigenvalue weighted by Crippen LogP contribution is 2.27. The average Bonchev–Trinajstić information content (AvgIpc) is 2.65. The maximum Gasteiger partial charge on any atom is 0.276 e. The van der Waals surface area contributed by atoms with E-state index in [4.69, 9.17) is 16.3 Å². The maximum absolute atomic E-state index is 12.0. The first-order valence-corrected chi connectivity index (χ1v) is 9.01. The molecule has 0 aliphatic carbocycles. The summed E-state index contributed by atoms with van der Waals surface area (Å²) >= 11 is 9.21. The van der Waals surface area contributed by atoms with E-state index in [-0.39, 0.29) is 12.5 Å². The minimum absolute atomic E-state index is 0.141. The standard InChI is InChI=1S/C20H16BrClN2O2/c1-13(15-7-6-14-4-2-3-5-16(14)10-15)23-24-20(25)12-26-19-9-8-17(22)11-18(19)21/h2-11,23H,1,12H2,(H,24,25). The van der Waals surface area contributed by atoms with E-state index in [2.05, 4.69) is 33.4 Å². The summed E-state index contributed by atoms with van der Waals surface area (Å²) in [6.45, 7) is 3.82. The van der Waals surface area contributed by atoms with E-state index >= 15 is 0 Å². The van der Waals surface area contributed by atoms with Crippen LogP contribution in [0, 0.1) is 0 Å². The van der Waals surface area contributed by atoms with Crippen LogP contribution in [0.4, 0.5) is 0 Å². The van der Waals surface area contributed by atoms with Crippen molar-refractivity contribution in [3.63, 3.8) is 0 Å². The third-order valence-corrected chi connectivity index (χ3v) is 4.56. The molecule has 3 rings (SSSR count). The van der Waals surface area contributed by atoms with Crippen LogP contribution in [0.15, 0.2) is 71.7 Å². The molecule has 132 valence electrons. The highest BCUT2D eigenvalue weighted by Gasteiger charge is 2.07. The van der Waals surface area contributed by atoms with Gasteiger partial charge in [0.05, 0.1) is 10.2 Å². The molecular formula is C20H16BrClN2O2. The fraction of sp³-hybridized carbons (Fsp3) is 0.0500. The molecule has 2 N–H and O–H groups in total. The predicted molar refractivity (Wildman–Crippen MR) is 109 cm³/mol. The fourth-order valence-corrected chi connectivity index (χ4v) is 3.16. The van der Waals surface area contributed by atoms with Crippen molar-refractivity contribution < 1.29 is 9.53 Å². The zero-order valence-electron chi connectivity index (χ0n) is 13.8. The topological polar surface area (TPSA) is 50.4 Å². The number of benzene rings is 3. The number of hydrogen-bond donors (Lipinski definition) is 2. The number of rotatable bonds is 6. The summed E-state index contributed by atoms with van der Waals surface area (Å²) in [6, 6.07) is 19.1. The molecule has 0 saturated heterocycles. The third kappa shape index (κ3) is 4.56. The Labute approximate surface area is 164 Å². The Balaban J connectivity index is 1.54. The summed E-state index contributed by atoms with van der Waals surface area (Å²) in [5, 5.41) is 2.84. The number of nitrogens with one attached hydrogen (secondary N) is 2. The van der Waals surface area contributed by atoms with Crippen molar-refractivity contribution in [2.45, 2.75) is 0 Å². The minimum atomic E-state index is -0.325. The summed E-state index contributed by atoms with van der Waals surface area (Å²) < 4.78 is 6.15. The largest absolute Gasteiger partial charge is 0.483 e. The van der Waals surface area contributed by atoms with Gasteiger partial charge < -0.3 is 4.74 Å². The maximum atomic E-state index is 12.0. The van der Waals surface area contributed by atoms with E-state index in [0.717, 1.165) is 16.3 Å². The first-order valence-electron chi connectivity index (χ1n) is 7.84. The number of carbonyl (C=O) groups is 1. The van der Waals surface area contributed by atoms with Crippen molar-refractivity contribution >= 4 is 49.9 Å². The van der Waals surface area contributed by atoms with Crippen LogP contribution in [0.2, 0.25) is 5.02 Å². The Kier molecular flexibility index (Phi) is 5.81. The molecule has 26 heavy (non-hydrogen) atoms. The molecule has 1 amide bonds. The molecule has 0 fully saturated rings. The first kappa shape index (κ1) is 18.3. The van der Waals surface area contributed by atoms with E-state index in [1.54, 1.807) is 18.2 Å². The lowest BCUT2D eigenvalue weighted by Crippen LogP contribution is -2.39. The second kappa shape index (κ2) is 8.25. The van der Waals surface area contributed by atoms with Crippen LogP contribution in [0.25, 0.3) is 16.5 Å². The number of hydrogen-bond acceptors (Lipinski definition) is 3. The summed E-state index contributed by atoms with van der Waals surface area (Å²) in [5.74, 6) is 0.215. The van der Waals surface area contributed by atoms with Gasteiger partial charge >= 0.3 is 0 Å². The fourth-order valence-electron chi connectivity index (χ4n) is 2.37. The molecule has 0 atom stereocenters. The van der Waals surface area contributed by atoms with E-state index in [0.29, 0.717) is 20.9 Å². The zero-order chi connectivity index (χ0) is 18.5. The SMILES string of the molecule is C=C(NNC(=O)COc1ccc(Cl)cc1Br)c1ccc2ccccc2c1. The monoisotopic (exact) mass is 430 g/mol. The molecule has 3 aromatic rings.